The third kappa shape index (κ3) is 6.01. The minimum atomic E-state index is -0.218. The van der Waals surface area contributed by atoms with E-state index >= 15 is 0 Å². The highest BCUT2D eigenvalue weighted by Crippen LogP contribution is 2.25. The van der Waals surface area contributed by atoms with Crippen molar-refractivity contribution in [1.82, 2.24) is 20.7 Å². The van der Waals surface area contributed by atoms with Crippen molar-refractivity contribution in [3.8, 4) is 0 Å². The van der Waals surface area contributed by atoms with Gasteiger partial charge in [0.15, 0.2) is 0 Å². The van der Waals surface area contributed by atoms with Gasteiger partial charge in [-0.1, -0.05) is 19.1 Å². The molecule has 2 amide bonds. The lowest BCUT2D eigenvalue weighted by molar-refractivity contribution is -0.140. The Morgan fingerprint density at radius 2 is 2.00 bits per heavy atom. The summed E-state index contributed by atoms with van der Waals surface area (Å²) in [5.41, 5.74) is 7.70. The van der Waals surface area contributed by atoms with Crippen LogP contribution < -0.4 is 10.9 Å². The van der Waals surface area contributed by atoms with Gasteiger partial charge in [0.2, 0.25) is 11.8 Å². The predicted molar refractivity (Wildman–Crippen MR) is 115 cm³/mol. The van der Waals surface area contributed by atoms with Crippen molar-refractivity contribution < 1.29 is 14.0 Å². The highest BCUT2D eigenvalue weighted by Gasteiger charge is 2.30. The Morgan fingerprint density at radius 3 is 2.73 bits per heavy atom. The Labute approximate surface area is 179 Å². The van der Waals surface area contributed by atoms with Crippen molar-refractivity contribution in [2.45, 2.75) is 64.0 Å². The van der Waals surface area contributed by atoms with Crippen molar-refractivity contribution in [1.29, 1.82) is 0 Å². The highest BCUT2D eigenvalue weighted by molar-refractivity contribution is 5.81. The zero-order valence-corrected chi connectivity index (χ0v) is 18.2. The van der Waals surface area contributed by atoms with Gasteiger partial charge in [0, 0.05) is 45.2 Å². The first-order valence-electron chi connectivity index (χ1n) is 11.3. The van der Waals surface area contributed by atoms with Gasteiger partial charge >= 0.3 is 0 Å². The fraction of sp³-hybridized carbons (Fsp3) is 0.652. The molecule has 0 radical (unpaired) electrons. The Bertz CT molecular complexity index is 712. The van der Waals surface area contributed by atoms with Gasteiger partial charge in [-0.2, -0.15) is 0 Å². The number of hydrogen-bond acceptors (Lipinski definition) is 4. The summed E-state index contributed by atoms with van der Waals surface area (Å²) in [5.74, 6) is 0.0438. The quantitative estimate of drug-likeness (QED) is 0.681. The summed E-state index contributed by atoms with van der Waals surface area (Å²) in [4.78, 5) is 28.7. The molecule has 2 fully saturated rings. The fourth-order valence-electron chi connectivity index (χ4n) is 4.50. The van der Waals surface area contributed by atoms with Crippen LogP contribution in [0.15, 0.2) is 24.3 Å². The molecule has 6 nitrogen and oxygen atoms in total. The van der Waals surface area contributed by atoms with Crippen molar-refractivity contribution in [3.63, 3.8) is 0 Å². The standard InChI is InChI=1S/C23H35FN4O2/c1-3-6-22(29)28-14-4-7-18(16-28)23(30)27(2)13-5-8-20-15-21(26-25-20)17-9-11-19(24)12-10-17/h9-12,18,20-21,25-26H,3-8,13-16H2,1-2H3. The lowest BCUT2D eigenvalue weighted by Gasteiger charge is -2.34. The van der Waals surface area contributed by atoms with Crippen LogP contribution in [0.25, 0.3) is 0 Å². The molecule has 30 heavy (non-hydrogen) atoms. The Kier molecular flexibility index (Phi) is 8.22. The Balaban J connectivity index is 1.39. The van der Waals surface area contributed by atoms with E-state index in [-0.39, 0.29) is 29.6 Å². The molecular formula is C23H35FN4O2. The SMILES string of the molecule is CCCC(=O)N1CCCC(C(=O)N(C)CCCC2CC(c3ccc(F)cc3)NN2)C1. The van der Waals surface area contributed by atoms with E-state index in [0.29, 0.717) is 19.0 Å². The molecule has 0 bridgehead atoms. The number of hydrazine groups is 1. The summed E-state index contributed by atoms with van der Waals surface area (Å²) in [6, 6.07) is 7.15. The molecule has 0 spiro atoms. The van der Waals surface area contributed by atoms with Gasteiger partial charge in [-0.3, -0.25) is 20.4 Å². The molecule has 2 saturated heterocycles. The zero-order valence-electron chi connectivity index (χ0n) is 18.2. The highest BCUT2D eigenvalue weighted by atomic mass is 19.1. The van der Waals surface area contributed by atoms with E-state index < -0.39 is 0 Å². The second kappa shape index (κ2) is 10.9. The molecule has 1 aromatic carbocycles. The van der Waals surface area contributed by atoms with E-state index in [1.807, 2.05) is 35.9 Å². The summed E-state index contributed by atoms with van der Waals surface area (Å²) in [6.45, 7) is 4.07. The molecule has 0 aliphatic carbocycles. The first kappa shape index (κ1) is 22.7. The molecule has 0 saturated carbocycles. The molecule has 2 heterocycles. The third-order valence-corrected chi connectivity index (χ3v) is 6.26. The maximum absolute atomic E-state index is 13.1. The molecule has 3 unspecified atom stereocenters. The van der Waals surface area contributed by atoms with Gasteiger partial charge in [0.1, 0.15) is 5.82 Å². The lowest BCUT2D eigenvalue weighted by Crippen LogP contribution is -2.46. The van der Waals surface area contributed by atoms with Gasteiger partial charge in [0.25, 0.3) is 0 Å². The largest absolute Gasteiger partial charge is 0.345 e. The summed E-state index contributed by atoms with van der Waals surface area (Å²) in [5, 5.41) is 0. The number of amides is 2. The molecular weight excluding hydrogens is 383 g/mol. The number of nitrogens with one attached hydrogen (secondary N) is 2. The van der Waals surface area contributed by atoms with Gasteiger partial charge in [-0.05, 0) is 56.2 Å². The molecule has 2 aliphatic heterocycles. The summed E-state index contributed by atoms with van der Waals surface area (Å²) >= 11 is 0. The Morgan fingerprint density at radius 1 is 1.23 bits per heavy atom. The molecule has 2 N–H and O–H groups in total. The second-order valence-electron chi connectivity index (χ2n) is 8.66. The number of carbonyl (C=O) groups excluding carboxylic acids is 2. The van der Waals surface area contributed by atoms with Crippen LogP contribution in [0.3, 0.4) is 0 Å². The number of nitrogens with zero attached hydrogens (tertiary/aromatic N) is 2. The topological polar surface area (TPSA) is 64.7 Å². The minimum absolute atomic E-state index is 0.0707. The molecule has 2 aliphatic rings. The molecule has 166 valence electrons. The maximum atomic E-state index is 13.1. The number of benzene rings is 1. The van der Waals surface area contributed by atoms with Crippen LogP contribution in [0.4, 0.5) is 4.39 Å². The molecule has 3 rings (SSSR count). The van der Waals surface area contributed by atoms with Crippen LogP contribution in [0.5, 0.6) is 0 Å². The number of carbonyl (C=O) groups is 2. The number of piperidine rings is 1. The van der Waals surface area contributed by atoms with E-state index in [1.165, 1.54) is 12.1 Å². The number of hydrogen-bond donors (Lipinski definition) is 2. The van der Waals surface area contributed by atoms with E-state index in [1.54, 1.807) is 0 Å². The normalized spacial score (nSPS) is 24.1. The van der Waals surface area contributed by atoms with E-state index in [2.05, 4.69) is 10.9 Å². The predicted octanol–water partition coefficient (Wildman–Crippen LogP) is 3.01. The summed E-state index contributed by atoms with van der Waals surface area (Å²) in [7, 11) is 1.87. The number of halogens is 1. The lowest BCUT2D eigenvalue weighted by atomic mass is 9.96. The van der Waals surface area contributed by atoms with E-state index in [9.17, 15) is 14.0 Å². The first-order chi connectivity index (χ1) is 14.5. The van der Waals surface area contributed by atoms with Crippen molar-refractivity contribution >= 4 is 11.8 Å². The van der Waals surface area contributed by atoms with Crippen LogP contribution in [-0.2, 0) is 9.59 Å². The van der Waals surface area contributed by atoms with Gasteiger partial charge < -0.3 is 9.80 Å². The average molecular weight is 419 g/mol. The number of rotatable bonds is 8. The second-order valence-corrected chi connectivity index (χ2v) is 8.66. The molecule has 0 aromatic heterocycles. The van der Waals surface area contributed by atoms with Crippen LogP contribution in [-0.4, -0.2) is 54.3 Å². The van der Waals surface area contributed by atoms with E-state index in [4.69, 9.17) is 0 Å². The number of likely N-dealkylation sites (tertiary alicyclic amines) is 1. The van der Waals surface area contributed by atoms with Crippen LogP contribution in [0.1, 0.15) is 63.5 Å². The van der Waals surface area contributed by atoms with Crippen molar-refractivity contribution in [2.24, 2.45) is 5.92 Å². The molecule has 3 atom stereocenters. The van der Waals surface area contributed by atoms with Crippen LogP contribution in [0, 0.1) is 11.7 Å². The van der Waals surface area contributed by atoms with Gasteiger partial charge in [0.05, 0.1) is 5.92 Å². The summed E-state index contributed by atoms with van der Waals surface area (Å²) < 4.78 is 13.1. The molecule has 1 aromatic rings. The monoisotopic (exact) mass is 418 g/mol. The van der Waals surface area contributed by atoms with Gasteiger partial charge in [-0.25, -0.2) is 4.39 Å². The maximum Gasteiger partial charge on any atom is 0.227 e. The minimum Gasteiger partial charge on any atom is -0.345 e. The molecule has 7 heteroatoms. The third-order valence-electron chi connectivity index (χ3n) is 6.26. The average Bonchev–Trinajstić information content (AvgIpc) is 3.22. The smallest absolute Gasteiger partial charge is 0.227 e. The zero-order chi connectivity index (χ0) is 21.5. The Hall–Kier alpha value is -1.99. The van der Waals surface area contributed by atoms with Crippen LogP contribution >= 0.6 is 0 Å². The van der Waals surface area contributed by atoms with Crippen molar-refractivity contribution in [3.05, 3.63) is 35.6 Å². The van der Waals surface area contributed by atoms with Crippen LogP contribution in [0.2, 0.25) is 0 Å². The first-order valence-corrected chi connectivity index (χ1v) is 11.3. The fourth-order valence-corrected chi connectivity index (χ4v) is 4.50. The summed E-state index contributed by atoms with van der Waals surface area (Å²) in [6.07, 6.45) is 6.02. The van der Waals surface area contributed by atoms with Gasteiger partial charge in [-0.15, -0.1) is 0 Å². The van der Waals surface area contributed by atoms with E-state index in [0.717, 1.165) is 57.2 Å². The van der Waals surface area contributed by atoms with Crippen molar-refractivity contribution in [2.75, 3.05) is 26.7 Å².